The van der Waals surface area contributed by atoms with Crippen molar-refractivity contribution in [3.05, 3.63) is 51.5 Å². The van der Waals surface area contributed by atoms with E-state index in [4.69, 9.17) is 10.6 Å². The van der Waals surface area contributed by atoms with Gasteiger partial charge in [-0.25, -0.2) is 15.4 Å². The van der Waals surface area contributed by atoms with Crippen LogP contribution in [-0.2, 0) is 12.8 Å². The lowest BCUT2D eigenvalue weighted by Gasteiger charge is -2.16. The summed E-state index contributed by atoms with van der Waals surface area (Å²) in [6, 6.07) is 4.04. The van der Waals surface area contributed by atoms with Gasteiger partial charge in [0.2, 0.25) is 0 Å². The molecule has 2 heterocycles. The number of rotatable bonds is 4. The van der Waals surface area contributed by atoms with Crippen LogP contribution >= 0.6 is 15.9 Å². The van der Waals surface area contributed by atoms with Gasteiger partial charge in [-0.2, -0.15) is 0 Å². The molecule has 3 rings (SSSR count). The van der Waals surface area contributed by atoms with Gasteiger partial charge in [0.15, 0.2) is 0 Å². The molecular weight excluding hydrogens is 332 g/mol. The second kappa shape index (κ2) is 6.09. The summed E-state index contributed by atoms with van der Waals surface area (Å²) in [5, 5.41) is 0. The topological polar surface area (TPSA) is 73.1 Å². The highest BCUT2D eigenvalue weighted by atomic mass is 79.9. The van der Waals surface area contributed by atoms with Gasteiger partial charge in [-0.05, 0) is 42.2 Å². The first-order valence-electron chi connectivity index (χ1n) is 6.86. The Morgan fingerprint density at radius 2 is 2.14 bits per heavy atom. The summed E-state index contributed by atoms with van der Waals surface area (Å²) < 4.78 is 6.81. The monoisotopic (exact) mass is 348 g/mol. The number of aromatic nitrogens is 2. The first-order valence-corrected chi connectivity index (χ1v) is 7.65. The summed E-state index contributed by atoms with van der Waals surface area (Å²) >= 11 is 3.55. The first kappa shape index (κ1) is 14.4. The number of hydrazine groups is 1. The van der Waals surface area contributed by atoms with Crippen LogP contribution in [0.5, 0.6) is 5.75 Å². The molecule has 0 saturated carbocycles. The van der Waals surface area contributed by atoms with Gasteiger partial charge in [-0.3, -0.25) is 5.84 Å². The quantitative estimate of drug-likeness (QED) is 0.654. The third kappa shape index (κ3) is 3.07. The molecule has 0 aliphatic carbocycles. The van der Waals surface area contributed by atoms with Gasteiger partial charge in [-0.1, -0.05) is 15.9 Å². The van der Waals surface area contributed by atoms with Gasteiger partial charge in [0.05, 0.1) is 12.6 Å². The van der Waals surface area contributed by atoms with E-state index in [9.17, 15) is 0 Å². The van der Waals surface area contributed by atoms with Crippen LogP contribution in [0.4, 0.5) is 0 Å². The third-order valence-corrected chi connectivity index (χ3v) is 4.02. The van der Waals surface area contributed by atoms with Crippen LogP contribution in [0, 0.1) is 6.92 Å². The molecule has 21 heavy (non-hydrogen) atoms. The maximum atomic E-state index is 5.75. The highest BCUT2D eigenvalue weighted by Gasteiger charge is 2.21. The summed E-state index contributed by atoms with van der Waals surface area (Å²) in [7, 11) is 0. The van der Waals surface area contributed by atoms with Crippen molar-refractivity contribution in [2.45, 2.75) is 25.8 Å². The lowest BCUT2D eigenvalue weighted by atomic mass is 10.0. The standard InChI is InChI=1S/C15H17BrN4O/c1-9-7-18-15(19-8-9)13(20-17)6-11-5-12(16)4-10-2-3-21-14(10)11/h4-5,7-8,13,20H,2-3,6,17H2,1H3. The fraction of sp³-hybridized carbons (Fsp3) is 0.333. The molecule has 0 fully saturated rings. The number of fused-ring (bicyclic) bond motifs is 1. The number of halogens is 1. The van der Waals surface area contributed by atoms with E-state index in [0.717, 1.165) is 34.4 Å². The van der Waals surface area contributed by atoms with Gasteiger partial charge >= 0.3 is 0 Å². The Morgan fingerprint density at radius 1 is 1.38 bits per heavy atom. The number of hydrogen-bond acceptors (Lipinski definition) is 5. The molecule has 1 aromatic carbocycles. The average molecular weight is 349 g/mol. The van der Waals surface area contributed by atoms with Crippen molar-refractivity contribution in [2.75, 3.05) is 6.61 Å². The van der Waals surface area contributed by atoms with Crippen molar-refractivity contribution >= 4 is 15.9 Å². The van der Waals surface area contributed by atoms with Crippen LogP contribution in [0.1, 0.15) is 28.6 Å². The minimum Gasteiger partial charge on any atom is -0.493 e. The van der Waals surface area contributed by atoms with E-state index in [1.165, 1.54) is 5.56 Å². The Hall–Kier alpha value is -1.50. The number of nitrogens with zero attached hydrogens (tertiary/aromatic N) is 2. The molecule has 1 aromatic heterocycles. The fourth-order valence-corrected chi connectivity index (χ4v) is 3.08. The maximum absolute atomic E-state index is 5.75. The summed E-state index contributed by atoms with van der Waals surface area (Å²) in [6.07, 6.45) is 5.23. The summed E-state index contributed by atoms with van der Waals surface area (Å²) in [6.45, 7) is 2.70. The number of nitrogens with one attached hydrogen (secondary N) is 1. The normalized spacial score (nSPS) is 14.6. The van der Waals surface area contributed by atoms with E-state index < -0.39 is 0 Å². The fourth-order valence-electron chi connectivity index (χ4n) is 2.52. The van der Waals surface area contributed by atoms with Crippen molar-refractivity contribution in [1.29, 1.82) is 0 Å². The second-order valence-corrected chi connectivity index (χ2v) is 6.11. The molecular formula is C15H17BrN4O. The molecule has 0 bridgehead atoms. The molecule has 1 unspecified atom stereocenters. The van der Waals surface area contributed by atoms with Gasteiger partial charge in [0, 0.05) is 23.3 Å². The van der Waals surface area contributed by atoms with Gasteiger partial charge < -0.3 is 4.74 Å². The number of aryl methyl sites for hydroxylation is 1. The van der Waals surface area contributed by atoms with E-state index in [0.29, 0.717) is 12.2 Å². The van der Waals surface area contributed by atoms with Crippen LogP contribution in [-0.4, -0.2) is 16.6 Å². The van der Waals surface area contributed by atoms with Crippen LogP contribution in [0.25, 0.3) is 0 Å². The van der Waals surface area contributed by atoms with Crippen LogP contribution in [0.3, 0.4) is 0 Å². The zero-order valence-electron chi connectivity index (χ0n) is 11.8. The Morgan fingerprint density at radius 3 is 2.86 bits per heavy atom. The SMILES string of the molecule is Cc1cnc(C(Cc2cc(Br)cc3c2OCC3)NN)nc1. The van der Waals surface area contributed by atoms with E-state index in [1.807, 2.05) is 6.92 Å². The van der Waals surface area contributed by atoms with Crippen molar-refractivity contribution in [3.8, 4) is 5.75 Å². The molecule has 0 radical (unpaired) electrons. The molecule has 0 spiro atoms. The molecule has 5 nitrogen and oxygen atoms in total. The predicted molar refractivity (Wildman–Crippen MR) is 83.9 cm³/mol. The molecule has 3 N–H and O–H groups in total. The molecule has 0 saturated heterocycles. The first-order chi connectivity index (χ1) is 10.2. The van der Waals surface area contributed by atoms with E-state index in [1.54, 1.807) is 12.4 Å². The second-order valence-electron chi connectivity index (χ2n) is 5.19. The van der Waals surface area contributed by atoms with Crippen LogP contribution in [0.2, 0.25) is 0 Å². The number of hydrogen-bond donors (Lipinski definition) is 2. The lowest BCUT2D eigenvalue weighted by molar-refractivity contribution is 0.351. The smallest absolute Gasteiger partial charge is 0.146 e. The maximum Gasteiger partial charge on any atom is 0.146 e. The number of nitrogens with two attached hydrogens (primary N) is 1. The van der Waals surface area contributed by atoms with Crippen molar-refractivity contribution in [2.24, 2.45) is 5.84 Å². The van der Waals surface area contributed by atoms with Crippen molar-refractivity contribution < 1.29 is 4.74 Å². The minimum atomic E-state index is -0.145. The number of benzene rings is 1. The van der Waals surface area contributed by atoms with Gasteiger partial charge in [0.1, 0.15) is 11.6 Å². The van der Waals surface area contributed by atoms with E-state index in [2.05, 4.69) is 43.5 Å². The molecule has 1 aliphatic heterocycles. The summed E-state index contributed by atoms with van der Waals surface area (Å²) in [5.74, 6) is 7.36. The molecule has 6 heteroatoms. The predicted octanol–water partition coefficient (Wildman–Crippen LogP) is 2.23. The molecule has 1 atom stereocenters. The van der Waals surface area contributed by atoms with Crippen LogP contribution in [0.15, 0.2) is 29.0 Å². The molecule has 110 valence electrons. The summed E-state index contributed by atoms with van der Waals surface area (Å²) in [5.41, 5.74) is 6.18. The van der Waals surface area contributed by atoms with E-state index >= 15 is 0 Å². The number of ether oxygens (including phenoxy) is 1. The Balaban J connectivity index is 1.89. The molecule has 2 aromatic rings. The van der Waals surface area contributed by atoms with E-state index in [-0.39, 0.29) is 6.04 Å². The van der Waals surface area contributed by atoms with Gasteiger partial charge in [0.25, 0.3) is 0 Å². The van der Waals surface area contributed by atoms with Gasteiger partial charge in [-0.15, -0.1) is 0 Å². The largest absolute Gasteiger partial charge is 0.493 e. The van der Waals surface area contributed by atoms with Crippen molar-refractivity contribution in [1.82, 2.24) is 15.4 Å². The zero-order chi connectivity index (χ0) is 14.8. The minimum absolute atomic E-state index is 0.145. The Kier molecular flexibility index (Phi) is 4.19. The van der Waals surface area contributed by atoms with Crippen LogP contribution < -0.4 is 16.0 Å². The van der Waals surface area contributed by atoms with Crippen molar-refractivity contribution in [3.63, 3.8) is 0 Å². The molecule has 0 amide bonds. The molecule has 1 aliphatic rings. The zero-order valence-corrected chi connectivity index (χ0v) is 13.4. The summed E-state index contributed by atoms with van der Waals surface area (Å²) in [4.78, 5) is 8.71. The highest BCUT2D eigenvalue weighted by Crippen LogP contribution is 2.34. The lowest BCUT2D eigenvalue weighted by Crippen LogP contribution is -2.31. The Labute approximate surface area is 132 Å². The average Bonchev–Trinajstić information content (AvgIpc) is 2.94. The third-order valence-electron chi connectivity index (χ3n) is 3.56. The Bertz CT molecular complexity index is 645. The highest BCUT2D eigenvalue weighted by molar-refractivity contribution is 9.10.